The molecule has 1 unspecified atom stereocenters. The van der Waals surface area contributed by atoms with E-state index in [1.54, 1.807) is 12.1 Å². The lowest BCUT2D eigenvalue weighted by Crippen LogP contribution is -2.15. The summed E-state index contributed by atoms with van der Waals surface area (Å²) in [5, 5.41) is 5.16. The van der Waals surface area contributed by atoms with Gasteiger partial charge in [-0.3, -0.25) is 0 Å². The highest BCUT2D eigenvalue weighted by Gasteiger charge is 2.16. The summed E-state index contributed by atoms with van der Waals surface area (Å²) in [4.78, 5) is 0.256. The third-order valence-corrected chi connectivity index (χ3v) is 3.46. The van der Waals surface area contributed by atoms with Crippen LogP contribution in [0.1, 0.15) is 38.2 Å². The summed E-state index contributed by atoms with van der Waals surface area (Å²) in [5.41, 5.74) is 0.821. The Hall–Kier alpha value is -0.870. The van der Waals surface area contributed by atoms with Crippen LogP contribution in [0.25, 0.3) is 0 Å². The van der Waals surface area contributed by atoms with Gasteiger partial charge in [0.2, 0.25) is 10.0 Å². The predicted octanol–water partition coefficient (Wildman–Crippen LogP) is 2.24. The molecule has 84 valence electrons. The first-order valence-electron chi connectivity index (χ1n) is 5.08. The minimum atomic E-state index is -3.60. The molecule has 0 saturated carbocycles. The van der Waals surface area contributed by atoms with E-state index in [0.717, 1.165) is 18.4 Å². The number of benzene rings is 1. The van der Waals surface area contributed by atoms with Crippen molar-refractivity contribution >= 4 is 10.0 Å². The Morgan fingerprint density at radius 1 is 1.33 bits per heavy atom. The standard InChI is InChI=1S/C11H17NO2S/c1-3-6-9(2)10-7-4-5-8-11(10)15(12,13)14/h4-5,7-9H,3,6H2,1-2H3,(H2,12,13,14). The Morgan fingerprint density at radius 2 is 1.93 bits per heavy atom. The summed E-state index contributed by atoms with van der Waals surface area (Å²) in [5.74, 6) is 0.226. The Labute approximate surface area is 91.4 Å². The molecular weight excluding hydrogens is 210 g/mol. The summed E-state index contributed by atoms with van der Waals surface area (Å²) in [7, 11) is -3.60. The highest BCUT2D eigenvalue weighted by molar-refractivity contribution is 7.89. The van der Waals surface area contributed by atoms with Crippen LogP contribution in [0.4, 0.5) is 0 Å². The maximum atomic E-state index is 11.3. The van der Waals surface area contributed by atoms with Gasteiger partial charge in [0.05, 0.1) is 4.90 Å². The molecule has 0 amide bonds. The van der Waals surface area contributed by atoms with Gasteiger partial charge in [-0.1, -0.05) is 38.5 Å². The molecule has 1 aromatic rings. The first-order valence-corrected chi connectivity index (χ1v) is 6.63. The monoisotopic (exact) mass is 227 g/mol. The van der Waals surface area contributed by atoms with Crippen molar-refractivity contribution < 1.29 is 8.42 Å². The molecule has 0 aliphatic heterocycles. The number of hydrogen-bond donors (Lipinski definition) is 1. The molecule has 2 N–H and O–H groups in total. The fourth-order valence-electron chi connectivity index (χ4n) is 1.74. The van der Waals surface area contributed by atoms with Gasteiger partial charge in [-0.15, -0.1) is 0 Å². The number of sulfonamides is 1. The summed E-state index contributed by atoms with van der Waals surface area (Å²) in [6.45, 7) is 4.10. The van der Waals surface area contributed by atoms with Crippen LogP contribution in [0.15, 0.2) is 29.2 Å². The molecule has 1 atom stereocenters. The van der Waals surface area contributed by atoms with Gasteiger partial charge in [-0.2, -0.15) is 0 Å². The molecule has 0 heterocycles. The molecule has 0 aliphatic rings. The van der Waals surface area contributed by atoms with Gasteiger partial charge >= 0.3 is 0 Å². The predicted molar refractivity (Wildman–Crippen MR) is 61.1 cm³/mol. The third kappa shape index (κ3) is 3.04. The quantitative estimate of drug-likeness (QED) is 0.857. The molecule has 3 nitrogen and oxygen atoms in total. The molecule has 0 aromatic heterocycles. The van der Waals surface area contributed by atoms with Crippen LogP contribution in [0.2, 0.25) is 0 Å². The Morgan fingerprint density at radius 3 is 2.47 bits per heavy atom. The Kier molecular flexibility index (Phi) is 3.88. The molecule has 0 aliphatic carbocycles. The maximum absolute atomic E-state index is 11.3. The van der Waals surface area contributed by atoms with Crippen molar-refractivity contribution in [2.45, 2.75) is 37.5 Å². The van der Waals surface area contributed by atoms with Crippen LogP contribution in [-0.4, -0.2) is 8.42 Å². The maximum Gasteiger partial charge on any atom is 0.238 e. The lowest BCUT2D eigenvalue weighted by molar-refractivity contribution is 0.591. The number of nitrogens with two attached hydrogens (primary N) is 1. The molecule has 0 spiro atoms. The zero-order valence-electron chi connectivity index (χ0n) is 9.10. The van der Waals surface area contributed by atoms with Crippen molar-refractivity contribution in [3.63, 3.8) is 0 Å². The lowest BCUT2D eigenvalue weighted by Gasteiger charge is -2.14. The normalized spacial score (nSPS) is 13.8. The van der Waals surface area contributed by atoms with E-state index in [0.29, 0.717) is 0 Å². The van der Waals surface area contributed by atoms with E-state index in [-0.39, 0.29) is 10.8 Å². The van der Waals surface area contributed by atoms with Gasteiger partial charge in [-0.25, -0.2) is 13.6 Å². The van der Waals surface area contributed by atoms with Crippen LogP contribution in [0, 0.1) is 0 Å². The molecule has 0 radical (unpaired) electrons. The van der Waals surface area contributed by atoms with Crippen LogP contribution < -0.4 is 5.14 Å². The van der Waals surface area contributed by atoms with Crippen molar-refractivity contribution in [2.75, 3.05) is 0 Å². The van der Waals surface area contributed by atoms with Crippen molar-refractivity contribution in [2.24, 2.45) is 5.14 Å². The average Bonchev–Trinajstić information content (AvgIpc) is 2.17. The minimum absolute atomic E-state index is 0.226. The van der Waals surface area contributed by atoms with Crippen LogP contribution >= 0.6 is 0 Å². The highest BCUT2D eigenvalue weighted by Crippen LogP contribution is 2.26. The van der Waals surface area contributed by atoms with E-state index in [1.807, 2.05) is 19.1 Å². The molecule has 0 saturated heterocycles. The van der Waals surface area contributed by atoms with E-state index < -0.39 is 10.0 Å². The van der Waals surface area contributed by atoms with Gasteiger partial charge in [0.25, 0.3) is 0 Å². The minimum Gasteiger partial charge on any atom is -0.225 e. The van der Waals surface area contributed by atoms with Crippen LogP contribution in [-0.2, 0) is 10.0 Å². The van der Waals surface area contributed by atoms with Crippen molar-refractivity contribution in [3.05, 3.63) is 29.8 Å². The second-order valence-electron chi connectivity index (χ2n) is 3.77. The second-order valence-corrected chi connectivity index (χ2v) is 5.30. The summed E-state index contributed by atoms with van der Waals surface area (Å²) < 4.78 is 22.7. The molecular formula is C11H17NO2S. The molecule has 0 bridgehead atoms. The van der Waals surface area contributed by atoms with E-state index in [1.165, 1.54) is 0 Å². The third-order valence-electron chi connectivity index (χ3n) is 2.48. The fourth-order valence-corrected chi connectivity index (χ4v) is 2.60. The first kappa shape index (κ1) is 12.2. The molecule has 4 heteroatoms. The zero-order valence-corrected chi connectivity index (χ0v) is 9.92. The average molecular weight is 227 g/mol. The smallest absolute Gasteiger partial charge is 0.225 e. The molecule has 0 fully saturated rings. The van der Waals surface area contributed by atoms with E-state index in [2.05, 4.69) is 6.92 Å². The van der Waals surface area contributed by atoms with Crippen molar-refractivity contribution in [1.29, 1.82) is 0 Å². The Bertz CT molecular complexity index is 426. The molecule has 1 aromatic carbocycles. The van der Waals surface area contributed by atoms with Crippen molar-refractivity contribution in [1.82, 2.24) is 0 Å². The van der Waals surface area contributed by atoms with Gasteiger partial charge in [0, 0.05) is 0 Å². The summed E-state index contributed by atoms with van der Waals surface area (Å²) >= 11 is 0. The Balaban J connectivity index is 3.18. The SMILES string of the molecule is CCCC(C)c1ccccc1S(N)(=O)=O. The topological polar surface area (TPSA) is 60.2 Å². The van der Waals surface area contributed by atoms with Crippen LogP contribution in [0.3, 0.4) is 0 Å². The first-order chi connectivity index (χ1) is 6.96. The fraction of sp³-hybridized carbons (Fsp3) is 0.455. The number of hydrogen-bond acceptors (Lipinski definition) is 2. The second kappa shape index (κ2) is 4.77. The zero-order chi connectivity index (χ0) is 11.5. The van der Waals surface area contributed by atoms with Gasteiger partial charge in [-0.05, 0) is 24.0 Å². The van der Waals surface area contributed by atoms with E-state index >= 15 is 0 Å². The summed E-state index contributed by atoms with van der Waals surface area (Å²) in [6.07, 6.45) is 1.99. The number of primary sulfonamides is 1. The molecule has 1 rings (SSSR count). The highest BCUT2D eigenvalue weighted by atomic mass is 32.2. The summed E-state index contributed by atoms with van der Waals surface area (Å²) in [6, 6.07) is 6.94. The van der Waals surface area contributed by atoms with Gasteiger partial charge in [0.1, 0.15) is 0 Å². The van der Waals surface area contributed by atoms with E-state index in [9.17, 15) is 8.42 Å². The van der Waals surface area contributed by atoms with Gasteiger partial charge in [0.15, 0.2) is 0 Å². The number of rotatable bonds is 4. The largest absolute Gasteiger partial charge is 0.238 e. The van der Waals surface area contributed by atoms with Gasteiger partial charge < -0.3 is 0 Å². The lowest BCUT2D eigenvalue weighted by atomic mass is 9.97. The van der Waals surface area contributed by atoms with Crippen LogP contribution in [0.5, 0.6) is 0 Å². The van der Waals surface area contributed by atoms with Crippen molar-refractivity contribution in [3.8, 4) is 0 Å². The van der Waals surface area contributed by atoms with E-state index in [4.69, 9.17) is 5.14 Å². The molecule has 15 heavy (non-hydrogen) atoms.